The molecule has 2 heterocycles. The molecule has 2 aromatic heterocycles. The topological polar surface area (TPSA) is 0 Å². The number of fused-ring (bicyclic) bond motifs is 2. The molecule has 0 spiro atoms. The van der Waals surface area contributed by atoms with Gasteiger partial charge in [-0.25, -0.2) is 0 Å². The van der Waals surface area contributed by atoms with Crippen molar-refractivity contribution in [2.75, 3.05) is 0 Å². The van der Waals surface area contributed by atoms with Gasteiger partial charge in [-0.15, -0.1) is 35.8 Å². The molecule has 39 heavy (non-hydrogen) atoms. The number of thiophene rings is 2. The van der Waals surface area contributed by atoms with E-state index < -0.39 is 0 Å². The van der Waals surface area contributed by atoms with Crippen molar-refractivity contribution in [2.45, 2.75) is 120 Å². The van der Waals surface area contributed by atoms with Crippen molar-refractivity contribution in [3.8, 4) is 0 Å². The highest BCUT2D eigenvalue weighted by Gasteiger charge is 2.15. The zero-order valence-corrected chi connectivity index (χ0v) is 26.4. The summed E-state index contributed by atoms with van der Waals surface area (Å²) in [5.41, 5.74) is 1.58. The quantitative estimate of drug-likeness (QED) is 0.0952. The summed E-state index contributed by atoms with van der Waals surface area (Å²) < 4.78 is 1.45. The molecule has 0 saturated carbocycles. The Bertz CT molecular complexity index is 1190. The van der Waals surface area contributed by atoms with Gasteiger partial charge in [0.1, 0.15) is 0 Å². The average Bonchev–Trinajstić information content (AvgIpc) is 3.54. The minimum atomic E-state index is 1.17. The molecule has 0 N–H and O–H groups in total. The highest BCUT2D eigenvalue weighted by molar-refractivity contribution is 8.03. The molecule has 1 aliphatic carbocycles. The van der Waals surface area contributed by atoms with Gasteiger partial charge in [-0.1, -0.05) is 81.3 Å². The summed E-state index contributed by atoms with van der Waals surface area (Å²) in [6, 6.07) is 12.0. The number of hydrogen-bond donors (Lipinski definition) is 0. The van der Waals surface area contributed by atoms with Crippen LogP contribution < -0.4 is 0 Å². The van der Waals surface area contributed by atoms with Crippen molar-refractivity contribution in [3.05, 3.63) is 80.7 Å². The lowest BCUT2D eigenvalue weighted by molar-refractivity contribution is 0.598. The van der Waals surface area contributed by atoms with Crippen molar-refractivity contribution in [2.24, 2.45) is 0 Å². The molecule has 3 heteroatoms. The molecule has 0 nitrogen and oxygen atoms in total. The fraction of sp³-hybridized carbons (Fsp3) is 0.500. The van der Waals surface area contributed by atoms with E-state index in [0.717, 1.165) is 0 Å². The molecule has 210 valence electrons. The van der Waals surface area contributed by atoms with E-state index in [1.54, 1.807) is 15.3 Å². The fourth-order valence-corrected chi connectivity index (χ4v) is 9.01. The van der Waals surface area contributed by atoms with Gasteiger partial charge >= 0.3 is 0 Å². The summed E-state index contributed by atoms with van der Waals surface area (Å²) in [7, 11) is 0. The monoisotopic (exact) mass is 576 g/mol. The van der Waals surface area contributed by atoms with Gasteiger partial charge in [0.15, 0.2) is 0 Å². The zero-order chi connectivity index (χ0) is 27.1. The summed E-state index contributed by atoms with van der Waals surface area (Å²) in [5.74, 6) is 0. The minimum absolute atomic E-state index is 1.17. The molecule has 0 atom stereocenters. The summed E-state index contributed by atoms with van der Waals surface area (Å²) in [4.78, 5) is 7.59. The number of allylic oxidation sites excluding steroid dienone is 3. The first-order valence-electron chi connectivity index (χ1n) is 15.5. The maximum Gasteiger partial charge on any atom is 0.0356 e. The van der Waals surface area contributed by atoms with E-state index in [2.05, 4.69) is 49.6 Å². The van der Waals surface area contributed by atoms with Crippen LogP contribution in [0, 0.1) is 0 Å². The van der Waals surface area contributed by atoms with Gasteiger partial charge in [-0.05, 0) is 110 Å². The lowest BCUT2D eigenvalue weighted by Gasteiger charge is -2.12. The average molecular weight is 577 g/mol. The van der Waals surface area contributed by atoms with Crippen molar-refractivity contribution in [3.63, 3.8) is 0 Å². The van der Waals surface area contributed by atoms with E-state index in [0.29, 0.717) is 0 Å². The Hall–Kier alpha value is -1.55. The number of aryl methyl sites for hydroxylation is 3. The normalized spacial score (nSPS) is 13.0. The largest absolute Gasteiger partial charge is 0.141 e. The van der Waals surface area contributed by atoms with E-state index in [1.807, 2.05) is 46.6 Å². The standard InChI is InChI=1S/C36H48S3/c1-3-5-7-9-11-13-15-17-19-31-25-29-21-23-33(27-35(29)38-31)37-34-24-22-30-26-32(39-36(30)28-34)20-18-16-14-12-10-8-6-4-2/h3-4,21,23,25-28H,1-2,5-20,22,24H2. The summed E-state index contributed by atoms with van der Waals surface area (Å²) in [6.45, 7) is 7.64. The van der Waals surface area contributed by atoms with Gasteiger partial charge in [0, 0.05) is 24.2 Å². The Morgan fingerprint density at radius 1 is 0.667 bits per heavy atom. The van der Waals surface area contributed by atoms with Crippen molar-refractivity contribution < 1.29 is 0 Å². The molecule has 0 bridgehead atoms. The summed E-state index contributed by atoms with van der Waals surface area (Å²) >= 11 is 6.04. The van der Waals surface area contributed by atoms with Crippen molar-refractivity contribution in [1.82, 2.24) is 0 Å². The molecular formula is C36H48S3. The SMILES string of the molecule is C=CCCCCCCCCc1cc2c(s1)C=C(Sc1ccc3cc(CCCCCCCCC=C)sc3c1)CC2. The Morgan fingerprint density at radius 3 is 1.95 bits per heavy atom. The Morgan fingerprint density at radius 2 is 1.28 bits per heavy atom. The summed E-state index contributed by atoms with van der Waals surface area (Å²) in [6.07, 6.45) is 30.1. The third-order valence-electron chi connectivity index (χ3n) is 7.78. The highest BCUT2D eigenvalue weighted by atomic mass is 32.2. The first-order valence-corrected chi connectivity index (χ1v) is 17.9. The van der Waals surface area contributed by atoms with Crippen LogP contribution in [0.15, 0.2) is 65.4 Å². The second kappa shape index (κ2) is 17.3. The van der Waals surface area contributed by atoms with Crippen molar-refractivity contribution in [1.29, 1.82) is 0 Å². The lowest BCUT2D eigenvalue weighted by atomic mass is 10.0. The molecule has 0 fully saturated rings. The minimum Gasteiger partial charge on any atom is -0.141 e. The molecule has 0 amide bonds. The van der Waals surface area contributed by atoms with E-state index >= 15 is 0 Å². The molecule has 1 aliphatic rings. The third-order valence-corrected chi connectivity index (χ3v) is 11.2. The van der Waals surface area contributed by atoms with Crippen LogP contribution >= 0.6 is 34.4 Å². The Labute approximate surface area is 250 Å². The second-order valence-electron chi connectivity index (χ2n) is 11.1. The third kappa shape index (κ3) is 10.4. The highest BCUT2D eigenvalue weighted by Crippen LogP contribution is 2.40. The van der Waals surface area contributed by atoms with Gasteiger partial charge in [0.05, 0.1) is 0 Å². The van der Waals surface area contributed by atoms with E-state index in [-0.39, 0.29) is 0 Å². The predicted molar refractivity (Wildman–Crippen MR) is 181 cm³/mol. The molecule has 4 rings (SSSR count). The number of unbranched alkanes of at least 4 members (excludes halogenated alkanes) is 12. The molecule has 3 aromatic rings. The van der Waals surface area contributed by atoms with Crippen LogP contribution in [0.1, 0.15) is 117 Å². The Kier molecular flexibility index (Phi) is 13.5. The summed E-state index contributed by atoms with van der Waals surface area (Å²) in [5, 5.41) is 1.42. The molecule has 0 saturated heterocycles. The van der Waals surface area contributed by atoms with Gasteiger partial charge < -0.3 is 0 Å². The zero-order valence-electron chi connectivity index (χ0n) is 24.0. The maximum atomic E-state index is 3.82. The molecule has 0 aliphatic heterocycles. The predicted octanol–water partition coefficient (Wildman–Crippen LogP) is 13.0. The van der Waals surface area contributed by atoms with Crippen LogP contribution in [0.3, 0.4) is 0 Å². The molecule has 0 unspecified atom stereocenters. The number of benzene rings is 1. The maximum absolute atomic E-state index is 3.82. The van der Waals surface area contributed by atoms with Crippen LogP contribution in [-0.2, 0) is 19.3 Å². The van der Waals surface area contributed by atoms with E-state index in [4.69, 9.17) is 0 Å². The second-order valence-corrected chi connectivity index (χ2v) is 14.7. The number of thioether (sulfide) groups is 1. The van der Waals surface area contributed by atoms with Crippen LogP contribution in [0.5, 0.6) is 0 Å². The van der Waals surface area contributed by atoms with Crippen LogP contribution in [0.25, 0.3) is 16.2 Å². The first kappa shape index (κ1) is 30.4. The number of hydrogen-bond acceptors (Lipinski definition) is 3. The molecule has 1 aromatic carbocycles. The molecule has 0 radical (unpaired) electrons. The van der Waals surface area contributed by atoms with Gasteiger partial charge in [0.2, 0.25) is 0 Å². The van der Waals surface area contributed by atoms with Crippen LogP contribution in [-0.4, -0.2) is 0 Å². The Balaban J connectivity index is 1.21. The first-order chi connectivity index (χ1) is 19.2. The lowest BCUT2D eigenvalue weighted by Crippen LogP contribution is -1.93. The van der Waals surface area contributed by atoms with Gasteiger partial charge in [-0.3, -0.25) is 0 Å². The molecular weight excluding hydrogens is 529 g/mol. The van der Waals surface area contributed by atoms with Gasteiger partial charge in [0.25, 0.3) is 0 Å². The number of rotatable bonds is 20. The fourth-order valence-electron chi connectivity index (χ4n) is 5.49. The van der Waals surface area contributed by atoms with Crippen LogP contribution in [0.4, 0.5) is 0 Å². The van der Waals surface area contributed by atoms with Crippen molar-refractivity contribution >= 4 is 50.6 Å². The smallest absolute Gasteiger partial charge is 0.0356 e. The van der Waals surface area contributed by atoms with E-state index in [1.165, 1.54) is 140 Å². The van der Waals surface area contributed by atoms with Crippen LogP contribution in [0.2, 0.25) is 0 Å². The van der Waals surface area contributed by atoms with E-state index in [9.17, 15) is 0 Å². The van der Waals surface area contributed by atoms with Gasteiger partial charge in [-0.2, -0.15) is 0 Å².